The number of fused-ring (bicyclic) bond motifs is 1. The molecular formula is C14H16N2O2. The number of ether oxygens (including phenoxy) is 1. The van der Waals surface area contributed by atoms with E-state index in [0.717, 1.165) is 31.6 Å². The lowest BCUT2D eigenvalue weighted by molar-refractivity contribution is 0.156. The van der Waals surface area contributed by atoms with E-state index in [1.54, 1.807) is 4.90 Å². The number of hydrogen-bond acceptors (Lipinski definition) is 3. The number of anilines is 1. The molecule has 18 heavy (non-hydrogen) atoms. The van der Waals surface area contributed by atoms with Gasteiger partial charge in [0.05, 0.1) is 0 Å². The fourth-order valence-corrected chi connectivity index (χ4v) is 2.32. The minimum absolute atomic E-state index is 0.259. The van der Waals surface area contributed by atoms with E-state index in [1.807, 2.05) is 24.3 Å². The van der Waals surface area contributed by atoms with Crippen LogP contribution < -0.4 is 10.1 Å². The first-order chi connectivity index (χ1) is 8.83. The van der Waals surface area contributed by atoms with Gasteiger partial charge >= 0.3 is 6.09 Å². The van der Waals surface area contributed by atoms with E-state index in [9.17, 15) is 4.79 Å². The van der Waals surface area contributed by atoms with Gasteiger partial charge in [-0.1, -0.05) is 12.2 Å². The summed E-state index contributed by atoms with van der Waals surface area (Å²) < 4.78 is 5.40. The quantitative estimate of drug-likeness (QED) is 0.771. The first kappa shape index (κ1) is 11.1. The van der Waals surface area contributed by atoms with Gasteiger partial charge in [0, 0.05) is 25.3 Å². The monoisotopic (exact) mass is 244 g/mol. The molecular weight excluding hydrogens is 228 g/mol. The number of nitrogens with zero attached hydrogens (tertiary/aromatic N) is 1. The summed E-state index contributed by atoms with van der Waals surface area (Å²) in [7, 11) is 0. The van der Waals surface area contributed by atoms with Crippen molar-refractivity contribution in [3.63, 3.8) is 0 Å². The molecule has 0 atom stereocenters. The SMILES string of the molecule is O=C(Oc1ccc2c(c1)CCN2)N1CC=CCC1. The summed E-state index contributed by atoms with van der Waals surface area (Å²) in [4.78, 5) is 13.6. The van der Waals surface area contributed by atoms with E-state index in [1.165, 1.54) is 5.56 Å². The van der Waals surface area contributed by atoms with Gasteiger partial charge in [-0.3, -0.25) is 0 Å². The summed E-state index contributed by atoms with van der Waals surface area (Å²) in [6.45, 7) is 2.34. The maximum Gasteiger partial charge on any atom is 0.415 e. The van der Waals surface area contributed by atoms with Crippen molar-refractivity contribution in [3.8, 4) is 5.75 Å². The van der Waals surface area contributed by atoms with Gasteiger partial charge in [0.15, 0.2) is 0 Å². The van der Waals surface area contributed by atoms with Gasteiger partial charge in [-0.2, -0.15) is 0 Å². The lowest BCUT2D eigenvalue weighted by atomic mass is 10.1. The number of carbonyl (C=O) groups is 1. The van der Waals surface area contributed by atoms with Crippen LogP contribution in [0.5, 0.6) is 5.75 Å². The van der Waals surface area contributed by atoms with Crippen LogP contribution in [0, 0.1) is 0 Å². The molecule has 2 aliphatic rings. The second-order valence-electron chi connectivity index (χ2n) is 4.57. The van der Waals surface area contributed by atoms with Crippen LogP contribution in [-0.2, 0) is 6.42 Å². The molecule has 0 aromatic heterocycles. The summed E-state index contributed by atoms with van der Waals surface area (Å²) in [5.74, 6) is 0.636. The summed E-state index contributed by atoms with van der Waals surface area (Å²) in [5, 5.41) is 3.28. The third-order valence-corrected chi connectivity index (χ3v) is 3.31. The molecule has 2 aliphatic heterocycles. The normalized spacial score (nSPS) is 17.2. The zero-order valence-electron chi connectivity index (χ0n) is 10.2. The van der Waals surface area contributed by atoms with Crippen molar-refractivity contribution < 1.29 is 9.53 Å². The van der Waals surface area contributed by atoms with Gasteiger partial charge < -0.3 is 15.0 Å². The predicted molar refractivity (Wildman–Crippen MR) is 70.0 cm³/mol. The van der Waals surface area contributed by atoms with Crippen molar-refractivity contribution in [2.24, 2.45) is 0 Å². The third-order valence-electron chi connectivity index (χ3n) is 3.31. The standard InChI is InChI=1S/C14H16N2O2/c17-14(16-8-2-1-3-9-16)18-12-4-5-13-11(10-12)6-7-15-13/h1-2,4-5,10,15H,3,6-9H2. The Kier molecular flexibility index (Phi) is 2.92. The molecule has 1 amide bonds. The van der Waals surface area contributed by atoms with Gasteiger partial charge in [0.1, 0.15) is 5.75 Å². The van der Waals surface area contributed by atoms with E-state index >= 15 is 0 Å². The number of benzene rings is 1. The topological polar surface area (TPSA) is 41.6 Å². The molecule has 0 aliphatic carbocycles. The summed E-state index contributed by atoms with van der Waals surface area (Å²) in [6, 6.07) is 5.77. The highest BCUT2D eigenvalue weighted by Gasteiger charge is 2.17. The van der Waals surface area contributed by atoms with Crippen molar-refractivity contribution in [3.05, 3.63) is 35.9 Å². The lowest BCUT2D eigenvalue weighted by Crippen LogP contribution is -2.35. The molecule has 1 aromatic rings. The zero-order chi connectivity index (χ0) is 12.4. The smallest absolute Gasteiger partial charge is 0.410 e. The highest BCUT2D eigenvalue weighted by atomic mass is 16.6. The molecule has 0 saturated heterocycles. The molecule has 4 heteroatoms. The molecule has 0 spiro atoms. The highest BCUT2D eigenvalue weighted by Crippen LogP contribution is 2.26. The number of carbonyl (C=O) groups excluding carboxylic acids is 1. The second kappa shape index (κ2) is 4.72. The minimum atomic E-state index is -0.259. The second-order valence-corrected chi connectivity index (χ2v) is 4.57. The van der Waals surface area contributed by atoms with Crippen LogP contribution in [0.15, 0.2) is 30.4 Å². The Labute approximate surface area is 106 Å². The van der Waals surface area contributed by atoms with Crippen LogP contribution in [0.3, 0.4) is 0 Å². The molecule has 4 nitrogen and oxygen atoms in total. The van der Waals surface area contributed by atoms with Gasteiger partial charge in [0.2, 0.25) is 0 Å². The van der Waals surface area contributed by atoms with Crippen LogP contribution in [0.2, 0.25) is 0 Å². The Balaban J connectivity index is 1.68. The molecule has 0 fully saturated rings. The van der Waals surface area contributed by atoms with Gasteiger partial charge in [-0.15, -0.1) is 0 Å². The lowest BCUT2D eigenvalue weighted by Gasteiger charge is -2.22. The molecule has 3 rings (SSSR count). The Morgan fingerprint density at radius 3 is 3.11 bits per heavy atom. The van der Waals surface area contributed by atoms with Gasteiger partial charge in [-0.25, -0.2) is 4.79 Å². The van der Waals surface area contributed by atoms with Crippen molar-refractivity contribution >= 4 is 11.8 Å². The molecule has 1 N–H and O–H groups in total. The number of nitrogens with one attached hydrogen (secondary N) is 1. The predicted octanol–water partition coefficient (Wildman–Crippen LogP) is 2.42. The number of amides is 1. The Morgan fingerprint density at radius 1 is 1.33 bits per heavy atom. The summed E-state index contributed by atoms with van der Waals surface area (Å²) >= 11 is 0. The van der Waals surface area contributed by atoms with E-state index in [2.05, 4.69) is 11.4 Å². The maximum absolute atomic E-state index is 11.9. The van der Waals surface area contributed by atoms with Crippen molar-refractivity contribution in [1.82, 2.24) is 4.90 Å². The van der Waals surface area contributed by atoms with Crippen molar-refractivity contribution in [2.45, 2.75) is 12.8 Å². The molecule has 2 heterocycles. The molecule has 94 valence electrons. The number of hydrogen-bond donors (Lipinski definition) is 1. The third kappa shape index (κ3) is 2.18. The molecule has 0 radical (unpaired) electrons. The minimum Gasteiger partial charge on any atom is -0.410 e. The van der Waals surface area contributed by atoms with Crippen molar-refractivity contribution in [2.75, 3.05) is 25.0 Å². The average Bonchev–Trinajstić information content (AvgIpc) is 2.87. The summed E-state index contributed by atoms with van der Waals surface area (Å²) in [6.07, 6.45) is 5.73. The zero-order valence-corrected chi connectivity index (χ0v) is 10.2. The van der Waals surface area contributed by atoms with Crippen LogP contribution >= 0.6 is 0 Å². The van der Waals surface area contributed by atoms with E-state index in [4.69, 9.17) is 4.74 Å². The summed E-state index contributed by atoms with van der Waals surface area (Å²) in [5.41, 5.74) is 2.37. The van der Waals surface area contributed by atoms with E-state index in [0.29, 0.717) is 12.3 Å². The highest BCUT2D eigenvalue weighted by molar-refractivity contribution is 5.72. The van der Waals surface area contributed by atoms with Crippen LogP contribution in [0.4, 0.5) is 10.5 Å². The van der Waals surface area contributed by atoms with Crippen LogP contribution in [0.1, 0.15) is 12.0 Å². The maximum atomic E-state index is 11.9. The molecule has 1 aromatic carbocycles. The molecule has 0 unspecified atom stereocenters. The largest absolute Gasteiger partial charge is 0.415 e. The molecule has 0 saturated carbocycles. The van der Waals surface area contributed by atoms with Crippen molar-refractivity contribution in [1.29, 1.82) is 0 Å². The average molecular weight is 244 g/mol. The Morgan fingerprint density at radius 2 is 2.28 bits per heavy atom. The number of rotatable bonds is 1. The molecule has 0 bridgehead atoms. The van der Waals surface area contributed by atoms with Crippen LogP contribution in [-0.4, -0.2) is 30.6 Å². The first-order valence-corrected chi connectivity index (χ1v) is 6.31. The van der Waals surface area contributed by atoms with E-state index < -0.39 is 0 Å². The van der Waals surface area contributed by atoms with Gasteiger partial charge in [-0.05, 0) is 36.6 Å². The van der Waals surface area contributed by atoms with E-state index in [-0.39, 0.29) is 6.09 Å². The van der Waals surface area contributed by atoms with Crippen LogP contribution in [0.25, 0.3) is 0 Å². The first-order valence-electron chi connectivity index (χ1n) is 6.31. The Hall–Kier alpha value is -1.97. The fourth-order valence-electron chi connectivity index (χ4n) is 2.32. The Bertz CT molecular complexity index is 497. The van der Waals surface area contributed by atoms with Gasteiger partial charge in [0.25, 0.3) is 0 Å². The fraction of sp³-hybridized carbons (Fsp3) is 0.357.